The van der Waals surface area contributed by atoms with Crippen molar-refractivity contribution in [2.75, 3.05) is 7.11 Å². The number of nitro groups is 1. The Labute approximate surface area is 121 Å². The summed E-state index contributed by atoms with van der Waals surface area (Å²) >= 11 is 0. The Morgan fingerprint density at radius 2 is 2.00 bits per heavy atom. The third kappa shape index (κ3) is 3.28. The molecule has 2 aromatic rings. The fraction of sp³-hybridized carbons (Fsp3) is 0.200. The third-order valence-electron chi connectivity index (χ3n) is 2.96. The SMILES string of the molecule is COc1cc(C)ccc1OCc1cccc([N+](=O)[O-])c1F. The number of ether oxygens (including phenoxy) is 2. The Kier molecular flexibility index (Phi) is 4.37. The summed E-state index contributed by atoms with van der Waals surface area (Å²) < 4.78 is 24.6. The molecule has 2 rings (SSSR count). The molecule has 0 spiro atoms. The van der Waals surface area contributed by atoms with Crippen molar-refractivity contribution in [1.29, 1.82) is 0 Å². The molecule has 0 heterocycles. The molecule has 0 saturated heterocycles. The molecule has 0 aliphatic rings. The Hall–Kier alpha value is -2.63. The van der Waals surface area contributed by atoms with Gasteiger partial charge in [-0.3, -0.25) is 10.1 Å². The zero-order valence-electron chi connectivity index (χ0n) is 11.6. The Balaban J connectivity index is 2.21. The lowest BCUT2D eigenvalue weighted by Crippen LogP contribution is -2.02. The predicted octanol–water partition coefficient (Wildman–Crippen LogP) is 3.63. The van der Waals surface area contributed by atoms with Gasteiger partial charge in [-0.25, -0.2) is 0 Å². The van der Waals surface area contributed by atoms with E-state index in [-0.39, 0.29) is 12.2 Å². The first kappa shape index (κ1) is 14.8. The van der Waals surface area contributed by atoms with Gasteiger partial charge in [0.1, 0.15) is 6.61 Å². The van der Waals surface area contributed by atoms with Gasteiger partial charge >= 0.3 is 5.69 Å². The highest BCUT2D eigenvalue weighted by atomic mass is 19.1. The van der Waals surface area contributed by atoms with E-state index in [1.807, 2.05) is 13.0 Å². The Morgan fingerprint density at radius 1 is 1.24 bits per heavy atom. The molecule has 0 aliphatic heterocycles. The quantitative estimate of drug-likeness (QED) is 0.623. The highest BCUT2D eigenvalue weighted by Crippen LogP contribution is 2.29. The van der Waals surface area contributed by atoms with Gasteiger partial charge in [0.05, 0.1) is 12.0 Å². The average Bonchev–Trinajstić information content (AvgIpc) is 2.46. The maximum Gasteiger partial charge on any atom is 0.305 e. The van der Waals surface area contributed by atoms with Gasteiger partial charge in [0.25, 0.3) is 0 Å². The van der Waals surface area contributed by atoms with Gasteiger partial charge in [-0.15, -0.1) is 0 Å². The van der Waals surface area contributed by atoms with Gasteiger partial charge in [-0.2, -0.15) is 4.39 Å². The van der Waals surface area contributed by atoms with Crippen LogP contribution in [0, 0.1) is 22.9 Å². The second-order valence-electron chi connectivity index (χ2n) is 4.45. The van der Waals surface area contributed by atoms with Gasteiger partial charge in [-0.05, 0) is 24.6 Å². The molecule has 0 unspecified atom stereocenters. The largest absolute Gasteiger partial charge is 0.493 e. The van der Waals surface area contributed by atoms with E-state index in [4.69, 9.17) is 9.47 Å². The number of methoxy groups -OCH3 is 1. The van der Waals surface area contributed by atoms with Crippen LogP contribution in [0.4, 0.5) is 10.1 Å². The number of rotatable bonds is 5. The number of hydrogen-bond donors (Lipinski definition) is 0. The van der Waals surface area contributed by atoms with Crippen molar-refractivity contribution in [3.05, 3.63) is 63.5 Å². The van der Waals surface area contributed by atoms with Crippen molar-refractivity contribution in [3.8, 4) is 11.5 Å². The summed E-state index contributed by atoms with van der Waals surface area (Å²) in [6, 6.07) is 9.32. The van der Waals surface area contributed by atoms with Crippen LogP contribution in [0.25, 0.3) is 0 Å². The summed E-state index contributed by atoms with van der Waals surface area (Å²) in [6.07, 6.45) is 0. The summed E-state index contributed by atoms with van der Waals surface area (Å²) in [4.78, 5) is 9.93. The van der Waals surface area contributed by atoms with Crippen molar-refractivity contribution in [1.82, 2.24) is 0 Å². The zero-order chi connectivity index (χ0) is 15.4. The van der Waals surface area contributed by atoms with Crippen molar-refractivity contribution in [2.45, 2.75) is 13.5 Å². The average molecular weight is 291 g/mol. The molecule has 0 atom stereocenters. The number of nitrogens with zero attached hydrogens (tertiary/aromatic N) is 1. The minimum absolute atomic E-state index is 0.117. The van der Waals surface area contributed by atoms with Crippen LogP contribution in [0.2, 0.25) is 0 Å². The Bertz CT molecular complexity index is 673. The number of nitro benzene ring substituents is 1. The van der Waals surface area contributed by atoms with E-state index in [2.05, 4.69) is 0 Å². The van der Waals surface area contributed by atoms with Crippen LogP contribution in [0.3, 0.4) is 0 Å². The molecule has 0 N–H and O–H groups in total. The summed E-state index contributed by atoms with van der Waals surface area (Å²) in [7, 11) is 1.51. The lowest BCUT2D eigenvalue weighted by Gasteiger charge is -2.11. The van der Waals surface area contributed by atoms with E-state index in [1.165, 1.54) is 19.2 Å². The smallest absolute Gasteiger partial charge is 0.305 e. The van der Waals surface area contributed by atoms with Gasteiger partial charge < -0.3 is 9.47 Å². The van der Waals surface area contributed by atoms with E-state index in [9.17, 15) is 14.5 Å². The van der Waals surface area contributed by atoms with Gasteiger partial charge in [0.2, 0.25) is 5.82 Å². The molecular formula is C15H14FNO4. The molecule has 6 heteroatoms. The molecule has 21 heavy (non-hydrogen) atoms. The molecular weight excluding hydrogens is 277 g/mol. The molecule has 5 nitrogen and oxygen atoms in total. The number of halogens is 1. The lowest BCUT2D eigenvalue weighted by molar-refractivity contribution is -0.387. The predicted molar refractivity (Wildman–Crippen MR) is 75.1 cm³/mol. The molecule has 0 saturated carbocycles. The Morgan fingerprint density at radius 3 is 2.67 bits per heavy atom. The fourth-order valence-electron chi connectivity index (χ4n) is 1.87. The first-order valence-electron chi connectivity index (χ1n) is 6.22. The summed E-state index contributed by atoms with van der Waals surface area (Å²) in [5.74, 6) is 0.100. The minimum Gasteiger partial charge on any atom is -0.493 e. The highest BCUT2D eigenvalue weighted by Gasteiger charge is 2.17. The van der Waals surface area contributed by atoms with E-state index in [1.54, 1.807) is 12.1 Å². The first-order chi connectivity index (χ1) is 10.0. The molecule has 110 valence electrons. The van der Waals surface area contributed by atoms with Crippen LogP contribution in [0.15, 0.2) is 36.4 Å². The van der Waals surface area contributed by atoms with E-state index in [0.717, 1.165) is 11.6 Å². The number of hydrogen-bond acceptors (Lipinski definition) is 4. The standard InChI is InChI=1S/C15H14FNO4/c1-10-6-7-13(14(8-10)20-2)21-9-11-4-3-5-12(15(11)16)17(18)19/h3-8H,9H2,1-2H3. The van der Waals surface area contributed by atoms with Crippen LogP contribution in [-0.4, -0.2) is 12.0 Å². The normalized spacial score (nSPS) is 10.2. The van der Waals surface area contributed by atoms with Crippen molar-refractivity contribution < 1.29 is 18.8 Å². The van der Waals surface area contributed by atoms with Crippen LogP contribution in [-0.2, 0) is 6.61 Å². The van der Waals surface area contributed by atoms with E-state index < -0.39 is 16.4 Å². The van der Waals surface area contributed by atoms with Crippen molar-refractivity contribution >= 4 is 5.69 Å². The fourth-order valence-corrected chi connectivity index (χ4v) is 1.87. The maximum absolute atomic E-state index is 13.9. The van der Waals surface area contributed by atoms with Crippen LogP contribution >= 0.6 is 0 Å². The maximum atomic E-state index is 13.9. The zero-order valence-corrected chi connectivity index (χ0v) is 11.6. The lowest BCUT2D eigenvalue weighted by atomic mass is 10.2. The number of aryl methyl sites for hydroxylation is 1. The molecule has 2 aromatic carbocycles. The molecule has 0 fully saturated rings. The van der Waals surface area contributed by atoms with Crippen molar-refractivity contribution in [3.63, 3.8) is 0 Å². The molecule has 0 aliphatic carbocycles. The van der Waals surface area contributed by atoms with Crippen molar-refractivity contribution in [2.24, 2.45) is 0 Å². The monoisotopic (exact) mass is 291 g/mol. The molecule has 0 radical (unpaired) electrons. The first-order valence-corrected chi connectivity index (χ1v) is 6.22. The second-order valence-corrected chi connectivity index (χ2v) is 4.45. The third-order valence-corrected chi connectivity index (χ3v) is 2.96. The summed E-state index contributed by atoms with van der Waals surface area (Å²) in [5, 5.41) is 10.7. The van der Waals surface area contributed by atoms with E-state index in [0.29, 0.717) is 11.5 Å². The minimum atomic E-state index is -0.881. The van der Waals surface area contributed by atoms with Crippen LogP contribution < -0.4 is 9.47 Å². The van der Waals surface area contributed by atoms with E-state index >= 15 is 0 Å². The highest BCUT2D eigenvalue weighted by molar-refractivity contribution is 5.43. The van der Waals surface area contributed by atoms with Crippen LogP contribution in [0.1, 0.15) is 11.1 Å². The van der Waals surface area contributed by atoms with Gasteiger partial charge in [0.15, 0.2) is 11.5 Å². The second kappa shape index (κ2) is 6.21. The van der Waals surface area contributed by atoms with Crippen LogP contribution in [0.5, 0.6) is 11.5 Å². The van der Waals surface area contributed by atoms with Gasteiger partial charge in [-0.1, -0.05) is 18.2 Å². The summed E-state index contributed by atoms with van der Waals surface area (Å²) in [6.45, 7) is 1.79. The topological polar surface area (TPSA) is 61.6 Å². The molecule has 0 amide bonds. The molecule has 0 bridgehead atoms. The van der Waals surface area contributed by atoms with Gasteiger partial charge in [0, 0.05) is 11.6 Å². The summed E-state index contributed by atoms with van der Waals surface area (Å²) in [5.41, 5.74) is 0.555. The molecule has 0 aromatic heterocycles. The number of benzene rings is 2.